The summed E-state index contributed by atoms with van der Waals surface area (Å²) in [7, 11) is 0. The number of aromatic nitrogens is 2. The van der Waals surface area contributed by atoms with Gasteiger partial charge in [-0.15, -0.1) is 11.3 Å². The molecule has 2 nitrogen and oxygen atoms in total. The Balaban J connectivity index is 0. The van der Waals surface area contributed by atoms with E-state index in [1.54, 1.807) is 11.3 Å². The molecule has 0 amide bonds. The lowest BCUT2D eigenvalue weighted by atomic mass is 10.3. The van der Waals surface area contributed by atoms with E-state index < -0.39 is 0 Å². The first-order valence-electron chi connectivity index (χ1n) is 4.86. The molecule has 0 atom stereocenters. The summed E-state index contributed by atoms with van der Waals surface area (Å²) < 4.78 is 0. The van der Waals surface area contributed by atoms with Gasteiger partial charge in [0.15, 0.2) is 0 Å². The maximum absolute atomic E-state index is 4.08. The first-order valence-corrected chi connectivity index (χ1v) is 5.68. The molecule has 0 bridgehead atoms. The van der Waals surface area contributed by atoms with E-state index in [0.29, 0.717) is 0 Å². The monoisotopic (exact) mass is 252 g/mol. The summed E-state index contributed by atoms with van der Waals surface area (Å²) >= 11 is 1.73. The molecule has 17 heavy (non-hydrogen) atoms. The molecule has 0 fully saturated rings. The Bertz CT molecular complexity index is 367. The van der Waals surface area contributed by atoms with Gasteiger partial charge in [0.2, 0.25) is 0 Å². The maximum Gasteiger partial charge on any atom is 0.0896 e. The van der Waals surface area contributed by atoms with Crippen molar-refractivity contribution in [1.82, 2.24) is 9.97 Å². The Hall–Kier alpha value is -1.22. The SMILES string of the molecule is C.C.Cc1ccc(C)nc1.Cc1cnc(C)s1. The van der Waals surface area contributed by atoms with Gasteiger partial charge in [-0.1, -0.05) is 20.9 Å². The van der Waals surface area contributed by atoms with Crippen LogP contribution >= 0.6 is 11.3 Å². The normalized spacial score (nSPS) is 8.24. The zero-order valence-electron chi connectivity index (χ0n) is 9.61. The molecule has 0 radical (unpaired) electrons. The molecule has 0 saturated heterocycles. The van der Waals surface area contributed by atoms with Gasteiger partial charge < -0.3 is 0 Å². The van der Waals surface area contributed by atoms with E-state index in [9.17, 15) is 0 Å². The Kier molecular flexibility index (Phi) is 9.48. The number of thiazole rings is 1. The molecule has 2 rings (SSSR count). The molecule has 0 spiro atoms. The van der Waals surface area contributed by atoms with Gasteiger partial charge in [0.05, 0.1) is 5.01 Å². The smallest absolute Gasteiger partial charge is 0.0896 e. The third-order valence-electron chi connectivity index (χ3n) is 1.80. The van der Waals surface area contributed by atoms with Crippen molar-refractivity contribution in [3.05, 3.63) is 45.7 Å². The molecule has 96 valence electrons. The molecule has 0 aliphatic carbocycles. The predicted molar refractivity (Wildman–Crippen MR) is 78.8 cm³/mol. The van der Waals surface area contributed by atoms with Crippen LogP contribution in [0.5, 0.6) is 0 Å². The maximum atomic E-state index is 4.08. The molecule has 2 heterocycles. The van der Waals surface area contributed by atoms with Crippen LogP contribution in [-0.2, 0) is 0 Å². The molecule has 0 N–H and O–H groups in total. The van der Waals surface area contributed by atoms with Gasteiger partial charge in [-0.3, -0.25) is 4.98 Å². The van der Waals surface area contributed by atoms with Crippen molar-refractivity contribution >= 4 is 11.3 Å². The minimum absolute atomic E-state index is 0. The number of nitrogens with zero attached hydrogens (tertiary/aromatic N) is 2. The standard InChI is InChI=1S/C7H9N.C5H7NS.2CH4/c1-6-3-4-7(2)8-5-6;1-4-3-6-5(2)7-4;;/h3-5H,1-2H3;3H,1-2H3;2*1H4. The van der Waals surface area contributed by atoms with Crippen molar-refractivity contribution in [1.29, 1.82) is 0 Å². The van der Waals surface area contributed by atoms with Crippen LogP contribution < -0.4 is 0 Å². The Labute approximate surface area is 110 Å². The number of pyridine rings is 1. The minimum Gasteiger partial charge on any atom is -0.261 e. The highest BCUT2D eigenvalue weighted by Crippen LogP contribution is 2.07. The van der Waals surface area contributed by atoms with E-state index in [4.69, 9.17) is 0 Å². The molecule has 0 unspecified atom stereocenters. The van der Waals surface area contributed by atoms with Gasteiger partial charge in [0.25, 0.3) is 0 Å². The Morgan fingerprint density at radius 2 is 1.53 bits per heavy atom. The Morgan fingerprint density at radius 1 is 0.882 bits per heavy atom. The molecular weight excluding hydrogens is 228 g/mol. The fourth-order valence-electron chi connectivity index (χ4n) is 1.01. The predicted octanol–water partition coefficient (Wildman–Crippen LogP) is 4.73. The Morgan fingerprint density at radius 3 is 1.76 bits per heavy atom. The lowest BCUT2D eigenvalue weighted by Gasteiger charge is -1.89. The number of hydrogen-bond donors (Lipinski definition) is 0. The summed E-state index contributed by atoms with van der Waals surface area (Å²) in [6.07, 6.45) is 3.76. The molecular formula is C14H24N2S. The number of rotatable bonds is 0. The van der Waals surface area contributed by atoms with Crippen molar-refractivity contribution in [2.45, 2.75) is 42.5 Å². The zero-order chi connectivity index (χ0) is 11.3. The van der Waals surface area contributed by atoms with E-state index in [-0.39, 0.29) is 14.9 Å². The van der Waals surface area contributed by atoms with E-state index in [2.05, 4.69) is 23.0 Å². The van der Waals surface area contributed by atoms with E-state index in [1.807, 2.05) is 39.2 Å². The van der Waals surface area contributed by atoms with E-state index in [1.165, 1.54) is 10.4 Å². The molecule has 0 aromatic carbocycles. The first-order chi connectivity index (χ1) is 7.08. The van der Waals surface area contributed by atoms with Crippen LogP contribution in [-0.4, -0.2) is 9.97 Å². The van der Waals surface area contributed by atoms with Gasteiger partial charge in [0, 0.05) is 23.0 Å². The second-order valence-corrected chi connectivity index (χ2v) is 4.91. The third kappa shape index (κ3) is 7.64. The highest BCUT2D eigenvalue weighted by molar-refractivity contribution is 7.11. The third-order valence-corrected chi connectivity index (χ3v) is 2.62. The van der Waals surface area contributed by atoms with Crippen LogP contribution in [0.4, 0.5) is 0 Å². The van der Waals surface area contributed by atoms with Crippen LogP contribution in [0.3, 0.4) is 0 Å². The fraction of sp³-hybridized carbons (Fsp3) is 0.429. The molecule has 0 saturated carbocycles. The van der Waals surface area contributed by atoms with Crippen molar-refractivity contribution in [3.8, 4) is 0 Å². The van der Waals surface area contributed by atoms with Crippen molar-refractivity contribution in [2.24, 2.45) is 0 Å². The average molecular weight is 252 g/mol. The fourth-order valence-corrected chi connectivity index (χ4v) is 1.69. The van der Waals surface area contributed by atoms with Crippen molar-refractivity contribution in [2.75, 3.05) is 0 Å². The highest BCUT2D eigenvalue weighted by Gasteiger charge is 1.86. The summed E-state index contributed by atoms with van der Waals surface area (Å²) in [5.74, 6) is 0. The van der Waals surface area contributed by atoms with Crippen LogP contribution in [0.1, 0.15) is 36.0 Å². The largest absolute Gasteiger partial charge is 0.261 e. The molecule has 0 aliphatic rings. The molecule has 2 aromatic rings. The van der Waals surface area contributed by atoms with Gasteiger partial charge >= 0.3 is 0 Å². The number of hydrogen-bond acceptors (Lipinski definition) is 3. The second kappa shape index (κ2) is 8.88. The van der Waals surface area contributed by atoms with Crippen LogP contribution in [0.25, 0.3) is 0 Å². The summed E-state index contributed by atoms with van der Waals surface area (Å²) in [6, 6.07) is 4.07. The zero-order valence-corrected chi connectivity index (χ0v) is 10.4. The van der Waals surface area contributed by atoms with Crippen LogP contribution in [0.2, 0.25) is 0 Å². The minimum atomic E-state index is 0. The van der Waals surface area contributed by atoms with Crippen LogP contribution in [0.15, 0.2) is 24.5 Å². The molecule has 0 aliphatic heterocycles. The van der Waals surface area contributed by atoms with Crippen LogP contribution in [0, 0.1) is 27.7 Å². The van der Waals surface area contributed by atoms with E-state index in [0.717, 1.165) is 10.7 Å². The van der Waals surface area contributed by atoms with Gasteiger partial charge in [0.1, 0.15) is 0 Å². The topological polar surface area (TPSA) is 25.8 Å². The van der Waals surface area contributed by atoms with Gasteiger partial charge in [-0.2, -0.15) is 0 Å². The molecule has 3 heteroatoms. The second-order valence-electron chi connectivity index (χ2n) is 3.47. The highest BCUT2D eigenvalue weighted by atomic mass is 32.1. The number of aryl methyl sites for hydroxylation is 4. The van der Waals surface area contributed by atoms with Gasteiger partial charge in [-0.25, -0.2) is 4.98 Å². The summed E-state index contributed by atoms with van der Waals surface area (Å²) in [6.45, 7) is 8.09. The lowest BCUT2D eigenvalue weighted by molar-refractivity contribution is 1.17. The first kappa shape index (κ1) is 18.2. The average Bonchev–Trinajstić information content (AvgIpc) is 2.56. The quantitative estimate of drug-likeness (QED) is 0.677. The van der Waals surface area contributed by atoms with E-state index >= 15 is 0 Å². The summed E-state index contributed by atoms with van der Waals surface area (Å²) in [5, 5.41) is 1.15. The summed E-state index contributed by atoms with van der Waals surface area (Å²) in [4.78, 5) is 9.40. The lowest BCUT2D eigenvalue weighted by Crippen LogP contribution is -1.78. The van der Waals surface area contributed by atoms with Crippen molar-refractivity contribution in [3.63, 3.8) is 0 Å². The molecule has 2 aromatic heterocycles. The van der Waals surface area contributed by atoms with Gasteiger partial charge in [-0.05, 0) is 39.3 Å². The van der Waals surface area contributed by atoms with Crippen molar-refractivity contribution < 1.29 is 0 Å². The summed E-state index contributed by atoms with van der Waals surface area (Å²) in [5.41, 5.74) is 2.30.